The Morgan fingerprint density at radius 1 is 1.21 bits per heavy atom. The smallest absolute Gasteiger partial charge is 0.266 e. The third-order valence-corrected chi connectivity index (χ3v) is 2.12. The van der Waals surface area contributed by atoms with Gasteiger partial charge in [0.15, 0.2) is 0 Å². The van der Waals surface area contributed by atoms with E-state index in [0.717, 1.165) is 5.69 Å². The summed E-state index contributed by atoms with van der Waals surface area (Å²) in [6.45, 7) is 1.84. The summed E-state index contributed by atoms with van der Waals surface area (Å²) in [7, 11) is 0. The first-order chi connectivity index (χ1) is 6.47. The number of aromatic nitrogens is 2. The molecule has 0 amide bonds. The summed E-state index contributed by atoms with van der Waals surface area (Å²) in [5, 5.41) is 0. The van der Waals surface area contributed by atoms with Crippen molar-refractivity contribution in [2.24, 2.45) is 0 Å². The molecule has 0 radical (unpaired) electrons. The Hall–Kier alpha value is -0.510. The number of hydrogen-bond donors (Lipinski definition) is 0. The van der Waals surface area contributed by atoms with E-state index in [0.29, 0.717) is 11.2 Å². The lowest BCUT2D eigenvalue weighted by molar-refractivity contribution is 0.531. The van der Waals surface area contributed by atoms with Gasteiger partial charge in [0, 0.05) is 5.69 Å². The zero-order valence-electron chi connectivity index (χ0n) is 7.09. The predicted octanol–water partition coefficient (Wildman–Crippen LogP) is 3.36. The molecule has 0 N–H and O–H groups in total. The Balaban J connectivity index is 2.63. The maximum atomic E-state index is 5.62. The van der Waals surface area contributed by atoms with Crippen LogP contribution in [0.25, 0.3) is 11.2 Å². The van der Waals surface area contributed by atoms with Crippen molar-refractivity contribution in [3.8, 4) is 0 Å². The molecule has 0 aliphatic rings. The minimum atomic E-state index is -1.64. The van der Waals surface area contributed by atoms with Crippen LogP contribution in [0.15, 0.2) is 16.5 Å². The van der Waals surface area contributed by atoms with Crippen molar-refractivity contribution in [2.45, 2.75) is 10.7 Å². The number of pyridine rings is 1. The summed E-state index contributed by atoms with van der Waals surface area (Å²) in [5.74, 6) is 0.0376. The highest BCUT2D eigenvalue weighted by atomic mass is 35.6. The van der Waals surface area contributed by atoms with Crippen molar-refractivity contribution in [3.05, 3.63) is 23.7 Å². The van der Waals surface area contributed by atoms with Crippen molar-refractivity contribution in [1.29, 1.82) is 0 Å². The molecule has 0 fully saturated rings. The molecule has 2 rings (SSSR count). The first-order valence-electron chi connectivity index (χ1n) is 3.78. The van der Waals surface area contributed by atoms with Gasteiger partial charge in [-0.1, -0.05) is 34.8 Å². The van der Waals surface area contributed by atoms with Gasteiger partial charge in [-0.05, 0) is 19.1 Å². The van der Waals surface area contributed by atoms with Crippen molar-refractivity contribution < 1.29 is 4.42 Å². The van der Waals surface area contributed by atoms with Crippen LogP contribution in [-0.4, -0.2) is 9.97 Å². The first kappa shape index (κ1) is 10.0. The Bertz CT molecular complexity index is 475. The fourth-order valence-electron chi connectivity index (χ4n) is 1.03. The molecule has 0 bridgehead atoms. The summed E-state index contributed by atoms with van der Waals surface area (Å²) in [6.07, 6.45) is 0. The van der Waals surface area contributed by atoms with Crippen LogP contribution in [0.4, 0.5) is 0 Å². The molecule has 14 heavy (non-hydrogen) atoms. The van der Waals surface area contributed by atoms with Gasteiger partial charge in [0.05, 0.1) is 0 Å². The highest BCUT2D eigenvalue weighted by Gasteiger charge is 2.29. The molecule has 6 heteroatoms. The lowest BCUT2D eigenvalue weighted by atomic mass is 10.4. The van der Waals surface area contributed by atoms with E-state index in [1.165, 1.54) is 0 Å². The molecule has 2 aromatic heterocycles. The third kappa shape index (κ3) is 1.80. The van der Waals surface area contributed by atoms with E-state index in [4.69, 9.17) is 39.2 Å². The number of oxazole rings is 1. The second-order valence-electron chi connectivity index (χ2n) is 2.79. The molecular formula is C8H5Cl3N2O. The minimum Gasteiger partial charge on any atom is -0.418 e. The summed E-state index contributed by atoms with van der Waals surface area (Å²) < 4.78 is 3.55. The van der Waals surface area contributed by atoms with Crippen LogP contribution in [0.1, 0.15) is 11.6 Å². The van der Waals surface area contributed by atoms with E-state index in [1.807, 2.05) is 13.0 Å². The molecule has 0 saturated heterocycles. The number of aryl methyl sites for hydroxylation is 1. The Labute approximate surface area is 95.0 Å². The number of fused-ring (bicyclic) bond motifs is 1. The summed E-state index contributed by atoms with van der Waals surface area (Å²) in [4.78, 5) is 8.10. The summed E-state index contributed by atoms with van der Waals surface area (Å²) in [5.41, 5.74) is 1.78. The molecule has 3 nitrogen and oxygen atoms in total. The fraction of sp³-hybridized carbons (Fsp3) is 0.250. The van der Waals surface area contributed by atoms with Crippen LogP contribution in [-0.2, 0) is 3.79 Å². The average molecular weight is 252 g/mol. The zero-order valence-corrected chi connectivity index (χ0v) is 9.36. The second-order valence-corrected chi connectivity index (χ2v) is 5.07. The molecule has 0 spiro atoms. The maximum Gasteiger partial charge on any atom is 0.266 e. The monoisotopic (exact) mass is 250 g/mol. The van der Waals surface area contributed by atoms with E-state index >= 15 is 0 Å². The third-order valence-electron chi connectivity index (χ3n) is 1.64. The van der Waals surface area contributed by atoms with Gasteiger partial charge in [0.2, 0.25) is 11.6 Å². The van der Waals surface area contributed by atoms with Gasteiger partial charge in [-0.2, -0.15) is 0 Å². The van der Waals surface area contributed by atoms with Crippen LogP contribution in [0, 0.1) is 6.92 Å². The summed E-state index contributed by atoms with van der Waals surface area (Å²) in [6, 6.07) is 3.58. The van der Waals surface area contributed by atoms with Crippen molar-refractivity contribution in [3.63, 3.8) is 0 Å². The van der Waals surface area contributed by atoms with Crippen molar-refractivity contribution in [1.82, 2.24) is 9.97 Å². The quantitative estimate of drug-likeness (QED) is 0.674. The van der Waals surface area contributed by atoms with Gasteiger partial charge >= 0.3 is 0 Å². The van der Waals surface area contributed by atoms with Gasteiger partial charge < -0.3 is 4.42 Å². The maximum absolute atomic E-state index is 5.62. The Morgan fingerprint density at radius 2 is 1.93 bits per heavy atom. The summed E-state index contributed by atoms with van der Waals surface area (Å²) >= 11 is 16.8. The zero-order chi connectivity index (χ0) is 10.3. The van der Waals surface area contributed by atoms with Gasteiger partial charge in [-0.15, -0.1) is 0 Å². The standard InChI is InChI=1S/C8H5Cl3N2O/c1-4-2-3-5-6(12-4)14-7(13-5)8(9,10)11/h2-3H,1H3. The molecule has 0 saturated carbocycles. The van der Waals surface area contributed by atoms with Crippen molar-refractivity contribution >= 4 is 46.0 Å². The fourth-order valence-corrected chi connectivity index (χ4v) is 1.27. The lowest BCUT2D eigenvalue weighted by Crippen LogP contribution is -1.99. The lowest BCUT2D eigenvalue weighted by Gasteiger charge is -2.02. The van der Waals surface area contributed by atoms with Crippen LogP contribution in [0.5, 0.6) is 0 Å². The molecule has 2 heterocycles. The van der Waals surface area contributed by atoms with Gasteiger partial charge in [-0.25, -0.2) is 9.97 Å². The number of halogens is 3. The SMILES string of the molecule is Cc1ccc2nc(C(Cl)(Cl)Cl)oc2n1. The molecule has 2 aromatic rings. The molecule has 0 aromatic carbocycles. The first-order valence-corrected chi connectivity index (χ1v) is 4.91. The normalized spacial score (nSPS) is 12.3. The molecular weight excluding hydrogens is 246 g/mol. The number of rotatable bonds is 0. The van der Waals surface area contributed by atoms with E-state index in [2.05, 4.69) is 9.97 Å². The van der Waals surface area contributed by atoms with Crippen LogP contribution < -0.4 is 0 Å². The minimum absolute atomic E-state index is 0.0376. The average Bonchev–Trinajstić information content (AvgIpc) is 2.45. The number of nitrogens with zero attached hydrogens (tertiary/aromatic N) is 2. The second kappa shape index (κ2) is 3.26. The Morgan fingerprint density at radius 3 is 2.57 bits per heavy atom. The van der Waals surface area contributed by atoms with Crippen molar-refractivity contribution in [2.75, 3.05) is 0 Å². The molecule has 74 valence electrons. The highest BCUT2D eigenvalue weighted by molar-refractivity contribution is 6.66. The van der Waals surface area contributed by atoms with E-state index in [9.17, 15) is 0 Å². The molecule has 0 aliphatic heterocycles. The van der Waals surface area contributed by atoms with Gasteiger partial charge in [-0.3, -0.25) is 0 Å². The van der Waals surface area contributed by atoms with E-state index < -0.39 is 3.79 Å². The number of alkyl halides is 3. The molecule has 0 aliphatic carbocycles. The number of hydrogen-bond acceptors (Lipinski definition) is 3. The van der Waals surface area contributed by atoms with Crippen LogP contribution >= 0.6 is 34.8 Å². The van der Waals surface area contributed by atoms with E-state index in [-0.39, 0.29) is 5.89 Å². The molecule has 0 unspecified atom stereocenters. The van der Waals surface area contributed by atoms with Crippen LogP contribution in [0.2, 0.25) is 0 Å². The predicted molar refractivity (Wildman–Crippen MR) is 55.8 cm³/mol. The Kier molecular flexibility index (Phi) is 2.33. The van der Waals surface area contributed by atoms with Gasteiger partial charge in [0.1, 0.15) is 5.52 Å². The van der Waals surface area contributed by atoms with Gasteiger partial charge in [0.25, 0.3) is 3.79 Å². The van der Waals surface area contributed by atoms with E-state index in [1.54, 1.807) is 6.07 Å². The largest absolute Gasteiger partial charge is 0.418 e. The highest BCUT2D eigenvalue weighted by Crippen LogP contribution is 2.38. The topological polar surface area (TPSA) is 38.9 Å². The van der Waals surface area contributed by atoms with Crippen LogP contribution in [0.3, 0.4) is 0 Å². The molecule has 0 atom stereocenters.